The second kappa shape index (κ2) is 6.42. The van der Waals surface area contributed by atoms with Gasteiger partial charge in [-0.3, -0.25) is 0 Å². The highest BCUT2D eigenvalue weighted by Gasteiger charge is 2.14. The van der Waals surface area contributed by atoms with Gasteiger partial charge in [0.25, 0.3) is 5.22 Å². The molecule has 5 heteroatoms. The summed E-state index contributed by atoms with van der Waals surface area (Å²) in [5.41, 5.74) is 2.14. The number of oxazole rings is 1. The molecule has 0 saturated heterocycles. The van der Waals surface area contributed by atoms with Crippen LogP contribution in [0.5, 0.6) is 0 Å². The molecule has 0 fully saturated rings. The van der Waals surface area contributed by atoms with Crippen molar-refractivity contribution in [2.24, 2.45) is 0 Å². The van der Waals surface area contributed by atoms with Crippen LogP contribution in [-0.2, 0) is 6.54 Å². The molecule has 0 radical (unpaired) electrons. The lowest BCUT2D eigenvalue weighted by Gasteiger charge is -2.21. The second-order valence-corrected chi connectivity index (χ2v) is 7.51. The molecule has 2 rings (SSSR count). The summed E-state index contributed by atoms with van der Waals surface area (Å²) < 4.78 is 5.65. The highest BCUT2D eigenvalue weighted by Crippen LogP contribution is 2.32. The summed E-state index contributed by atoms with van der Waals surface area (Å²) in [6.07, 6.45) is 0. The monoisotopic (exact) mass is 324 g/mol. The van der Waals surface area contributed by atoms with Crippen LogP contribution in [0.1, 0.15) is 37.8 Å². The Bertz CT molecular complexity index is 612. The van der Waals surface area contributed by atoms with Crippen molar-refractivity contribution >= 4 is 23.4 Å². The molecule has 0 aliphatic carbocycles. The van der Waals surface area contributed by atoms with E-state index in [0.29, 0.717) is 5.22 Å². The third-order valence-corrected chi connectivity index (χ3v) is 4.24. The zero-order chi connectivity index (χ0) is 15.6. The van der Waals surface area contributed by atoms with Crippen LogP contribution in [0, 0.1) is 13.8 Å². The van der Waals surface area contributed by atoms with Crippen molar-refractivity contribution in [2.45, 2.75) is 56.8 Å². The normalized spacial score (nSPS) is 11.9. The molecule has 0 spiro atoms. The van der Waals surface area contributed by atoms with Gasteiger partial charge >= 0.3 is 0 Å². The lowest BCUT2D eigenvalue weighted by molar-refractivity contribution is 0.422. The van der Waals surface area contributed by atoms with E-state index in [1.54, 1.807) is 0 Å². The summed E-state index contributed by atoms with van der Waals surface area (Å²) in [7, 11) is 0. The van der Waals surface area contributed by atoms with Gasteiger partial charge in [-0.1, -0.05) is 11.6 Å². The van der Waals surface area contributed by atoms with E-state index < -0.39 is 0 Å². The number of nitrogens with zero attached hydrogens (tertiary/aromatic N) is 1. The smallest absolute Gasteiger partial charge is 0.261 e. The molecule has 114 valence electrons. The average Bonchev–Trinajstić information content (AvgIpc) is 2.68. The van der Waals surface area contributed by atoms with Crippen LogP contribution in [0.3, 0.4) is 0 Å². The Morgan fingerprint density at radius 3 is 2.57 bits per heavy atom. The van der Waals surface area contributed by atoms with Gasteiger partial charge in [0.1, 0.15) is 5.76 Å². The highest BCUT2D eigenvalue weighted by atomic mass is 35.5. The van der Waals surface area contributed by atoms with E-state index in [1.807, 2.05) is 32.0 Å². The molecule has 1 N–H and O–H groups in total. The number of benzene rings is 1. The number of nitrogens with one attached hydrogen (secondary N) is 1. The fourth-order valence-electron chi connectivity index (χ4n) is 1.73. The van der Waals surface area contributed by atoms with E-state index in [-0.39, 0.29) is 5.54 Å². The van der Waals surface area contributed by atoms with Gasteiger partial charge in [-0.25, -0.2) is 4.98 Å². The van der Waals surface area contributed by atoms with E-state index >= 15 is 0 Å². The molecule has 1 aromatic carbocycles. The van der Waals surface area contributed by atoms with Crippen molar-refractivity contribution in [2.75, 3.05) is 0 Å². The molecule has 0 unspecified atom stereocenters. The maximum absolute atomic E-state index is 6.12. The van der Waals surface area contributed by atoms with Gasteiger partial charge in [-0.15, -0.1) is 0 Å². The van der Waals surface area contributed by atoms with Crippen molar-refractivity contribution in [3.05, 3.63) is 40.2 Å². The Morgan fingerprint density at radius 2 is 2.00 bits per heavy atom. The second-order valence-electron chi connectivity index (χ2n) is 6.08. The Labute approximate surface area is 135 Å². The van der Waals surface area contributed by atoms with Crippen LogP contribution < -0.4 is 5.32 Å². The van der Waals surface area contributed by atoms with Crippen LogP contribution in [-0.4, -0.2) is 10.5 Å². The largest absolute Gasteiger partial charge is 0.436 e. The first kappa shape index (κ1) is 16.4. The van der Waals surface area contributed by atoms with Crippen molar-refractivity contribution in [1.82, 2.24) is 10.3 Å². The number of halogens is 1. The topological polar surface area (TPSA) is 38.1 Å². The number of hydrogen-bond donors (Lipinski definition) is 1. The summed E-state index contributed by atoms with van der Waals surface area (Å²) in [4.78, 5) is 5.53. The molecule has 0 atom stereocenters. The van der Waals surface area contributed by atoms with Crippen LogP contribution >= 0.6 is 23.4 Å². The first-order chi connectivity index (χ1) is 9.74. The van der Waals surface area contributed by atoms with E-state index in [2.05, 4.69) is 31.1 Å². The third kappa shape index (κ3) is 4.77. The maximum atomic E-state index is 6.12. The number of hydrogen-bond acceptors (Lipinski definition) is 4. The predicted octanol–water partition coefficient (Wildman–Crippen LogP) is 4.98. The van der Waals surface area contributed by atoms with Gasteiger partial charge < -0.3 is 9.73 Å². The average molecular weight is 325 g/mol. The summed E-state index contributed by atoms with van der Waals surface area (Å²) in [5.74, 6) is 0.862. The molecule has 3 nitrogen and oxygen atoms in total. The molecule has 0 amide bonds. The van der Waals surface area contributed by atoms with Crippen LogP contribution in [0.2, 0.25) is 5.02 Å². The molecule has 2 aromatic rings. The zero-order valence-electron chi connectivity index (χ0n) is 13.1. The van der Waals surface area contributed by atoms with Gasteiger partial charge in [0.2, 0.25) is 0 Å². The Morgan fingerprint density at radius 1 is 1.29 bits per heavy atom. The van der Waals surface area contributed by atoms with Gasteiger partial charge in [0.15, 0.2) is 0 Å². The Balaban J connectivity index is 2.22. The highest BCUT2D eigenvalue weighted by molar-refractivity contribution is 7.99. The number of rotatable bonds is 4. The summed E-state index contributed by atoms with van der Waals surface area (Å²) >= 11 is 7.66. The van der Waals surface area contributed by atoms with Crippen LogP contribution in [0.15, 0.2) is 32.7 Å². The molecule has 0 aliphatic heterocycles. The summed E-state index contributed by atoms with van der Waals surface area (Å²) in [6.45, 7) is 11.1. The minimum absolute atomic E-state index is 0.0559. The Hall–Kier alpha value is -0.970. The standard InChI is InChI=1S/C16H21ClN2OS/c1-10-11(2)20-15(19-10)21-14-7-6-13(17)8-12(14)9-18-16(3,4)5/h6-8,18H,9H2,1-5H3. The predicted molar refractivity (Wildman–Crippen MR) is 88.1 cm³/mol. The minimum Gasteiger partial charge on any atom is -0.436 e. The molecule has 1 aromatic heterocycles. The molecule has 21 heavy (non-hydrogen) atoms. The summed E-state index contributed by atoms with van der Waals surface area (Å²) in [6, 6.07) is 5.90. The van der Waals surface area contributed by atoms with Gasteiger partial charge in [-0.2, -0.15) is 0 Å². The molecular formula is C16H21ClN2OS. The van der Waals surface area contributed by atoms with Crippen LogP contribution in [0.4, 0.5) is 0 Å². The molecule has 0 saturated carbocycles. The zero-order valence-corrected chi connectivity index (χ0v) is 14.7. The molecular weight excluding hydrogens is 304 g/mol. The van der Waals surface area contributed by atoms with Crippen molar-refractivity contribution < 1.29 is 4.42 Å². The first-order valence-corrected chi connectivity index (χ1v) is 8.09. The fourth-order valence-corrected chi connectivity index (χ4v) is 2.86. The van der Waals surface area contributed by atoms with Gasteiger partial charge in [-0.05, 0) is 70.1 Å². The molecule has 0 aliphatic rings. The van der Waals surface area contributed by atoms with E-state index in [0.717, 1.165) is 33.5 Å². The van der Waals surface area contributed by atoms with E-state index in [4.69, 9.17) is 16.0 Å². The lowest BCUT2D eigenvalue weighted by atomic mass is 10.1. The van der Waals surface area contributed by atoms with E-state index in [1.165, 1.54) is 11.8 Å². The SMILES string of the molecule is Cc1nc(Sc2ccc(Cl)cc2CNC(C)(C)C)oc1C. The van der Waals surface area contributed by atoms with E-state index in [9.17, 15) is 0 Å². The maximum Gasteiger partial charge on any atom is 0.261 e. The molecule has 1 heterocycles. The molecule has 0 bridgehead atoms. The fraction of sp³-hybridized carbons (Fsp3) is 0.438. The first-order valence-electron chi connectivity index (χ1n) is 6.90. The minimum atomic E-state index is 0.0559. The van der Waals surface area contributed by atoms with Crippen molar-refractivity contribution in [1.29, 1.82) is 0 Å². The Kier molecular flexibility index (Phi) is 5.02. The third-order valence-electron chi connectivity index (χ3n) is 3.04. The van der Waals surface area contributed by atoms with Crippen LogP contribution in [0.25, 0.3) is 0 Å². The number of aromatic nitrogens is 1. The van der Waals surface area contributed by atoms with Gasteiger partial charge in [0, 0.05) is 22.0 Å². The summed E-state index contributed by atoms with van der Waals surface area (Å²) in [5, 5.41) is 4.90. The lowest BCUT2D eigenvalue weighted by Crippen LogP contribution is -2.35. The number of aryl methyl sites for hydroxylation is 2. The van der Waals surface area contributed by atoms with Crippen molar-refractivity contribution in [3.8, 4) is 0 Å². The van der Waals surface area contributed by atoms with Crippen molar-refractivity contribution in [3.63, 3.8) is 0 Å². The quantitative estimate of drug-likeness (QED) is 0.860. The van der Waals surface area contributed by atoms with Gasteiger partial charge in [0.05, 0.1) is 5.69 Å².